The molecule has 4 rings (SSSR count). The third-order valence-electron chi connectivity index (χ3n) is 6.53. The third kappa shape index (κ3) is 6.26. The van der Waals surface area contributed by atoms with Crippen LogP contribution in [0, 0.1) is 5.82 Å². The molecule has 1 amide bonds. The highest BCUT2D eigenvalue weighted by Crippen LogP contribution is 2.29. The average Bonchev–Trinajstić information content (AvgIpc) is 3.33. The fourth-order valence-corrected chi connectivity index (χ4v) is 4.41. The smallest absolute Gasteiger partial charge is 0.289 e. The van der Waals surface area contributed by atoms with Gasteiger partial charge in [0.2, 0.25) is 0 Å². The molecule has 0 unspecified atom stereocenters. The zero-order valence-corrected chi connectivity index (χ0v) is 21.7. The molecule has 36 heavy (non-hydrogen) atoms. The second-order valence-corrected chi connectivity index (χ2v) is 10.1. The van der Waals surface area contributed by atoms with Crippen molar-refractivity contribution in [3.05, 3.63) is 83.6 Å². The maximum absolute atomic E-state index is 13.3. The summed E-state index contributed by atoms with van der Waals surface area (Å²) in [5.41, 5.74) is 1.95. The second-order valence-electron chi connectivity index (χ2n) is 10.1. The number of carbonyl (C=O) groups excluding carboxylic acids is 1. The Morgan fingerprint density at radius 1 is 0.972 bits per heavy atom. The molecule has 7 heteroatoms. The van der Waals surface area contributed by atoms with Crippen LogP contribution in [0.5, 0.6) is 5.75 Å². The monoisotopic (exact) mass is 493 g/mol. The van der Waals surface area contributed by atoms with Gasteiger partial charge in [0.05, 0.1) is 18.8 Å². The van der Waals surface area contributed by atoms with Gasteiger partial charge in [0.25, 0.3) is 5.91 Å². The van der Waals surface area contributed by atoms with Gasteiger partial charge in [-0.1, -0.05) is 24.3 Å². The van der Waals surface area contributed by atoms with Gasteiger partial charge in [-0.25, -0.2) is 4.39 Å². The Labute approximate surface area is 213 Å². The lowest BCUT2D eigenvalue weighted by Gasteiger charge is -2.36. The van der Waals surface area contributed by atoms with Crippen molar-refractivity contribution < 1.29 is 18.3 Å². The number of hydrogen-bond acceptors (Lipinski definition) is 5. The Morgan fingerprint density at radius 2 is 1.67 bits per heavy atom. The van der Waals surface area contributed by atoms with Crippen LogP contribution < -0.4 is 9.64 Å². The summed E-state index contributed by atoms with van der Waals surface area (Å²) in [6.07, 6.45) is 0. The molecule has 0 saturated carbocycles. The van der Waals surface area contributed by atoms with Gasteiger partial charge in [0.15, 0.2) is 5.76 Å². The van der Waals surface area contributed by atoms with E-state index in [-0.39, 0.29) is 17.3 Å². The molecule has 0 spiro atoms. The van der Waals surface area contributed by atoms with E-state index in [0.29, 0.717) is 38.5 Å². The van der Waals surface area contributed by atoms with Gasteiger partial charge < -0.3 is 19.0 Å². The molecule has 1 saturated heterocycles. The Balaban J connectivity index is 1.38. The highest BCUT2D eigenvalue weighted by molar-refractivity contribution is 5.91. The van der Waals surface area contributed by atoms with E-state index in [2.05, 4.69) is 36.6 Å². The Bertz CT molecular complexity index is 1150. The second kappa shape index (κ2) is 11.2. The van der Waals surface area contributed by atoms with E-state index in [4.69, 9.17) is 9.15 Å². The standard InChI is InChI=1S/C29H36FN3O3/c1-5-35-26-9-7-6-8-25(26)31-16-18-32(19-17-31)28(34)27-15-14-24(36-27)21-33(29(2,3)4)20-22-10-12-23(30)13-11-22/h6-15H,5,16-21H2,1-4H3. The van der Waals surface area contributed by atoms with Gasteiger partial charge in [-0.05, 0) is 69.7 Å². The van der Waals surface area contributed by atoms with Gasteiger partial charge in [-0.15, -0.1) is 0 Å². The van der Waals surface area contributed by atoms with E-state index in [0.717, 1.165) is 35.9 Å². The zero-order valence-electron chi connectivity index (χ0n) is 21.7. The molecule has 0 aliphatic carbocycles. The summed E-state index contributed by atoms with van der Waals surface area (Å²) >= 11 is 0. The molecule has 1 aromatic heterocycles. The number of carbonyl (C=O) groups is 1. The number of para-hydroxylation sites is 2. The number of amides is 1. The average molecular weight is 494 g/mol. The SMILES string of the molecule is CCOc1ccccc1N1CCN(C(=O)c2ccc(CN(Cc3ccc(F)cc3)C(C)(C)C)o2)CC1. The molecular formula is C29H36FN3O3. The highest BCUT2D eigenvalue weighted by atomic mass is 19.1. The van der Waals surface area contributed by atoms with Gasteiger partial charge in [-0.2, -0.15) is 0 Å². The van der Waals surface area contributed by atoms with Crippen molar-refractivity contribution in [2.75, 3.05) is 37.7 Å². The van der Waals surface area contributed by atoms with E-state index < -0.39 is 0 Å². The summed E-state index contributed by atoms with van der Waals surface area (Å²) in [4.78, 5) is 19.5. The Kier molecular flexibility index (Phi) is 7.99. The van der Waals surface area contributed by atoms with E-state index in [9.17, 15) is 9.18 Å². The number of nitrogens with zero attached hydrogens (tertiary/aromatic N) is 3. The van der Waals surface area contributed by atoms with E-state index >= 15 is 0 Å². The lowest BCUT2D eigenvalue weighted by molar-refractivity contribution is 0.0703. The van der Waals surface area contributed by atoms with Crippen LogP contribution >= 0.6 is 0 Å². The number of benzene rings is 2. The molecule has 0 N–H and O–H groups in total. The Hall–Kier alpha value is -3.32. The summed E-state index contributed by atoms with van der Waals surface area (Å²) < 4.78 is 25.1. The summed E-state index contributed by atoms with van der Waals surface area (Å²) in [5.74, 6) is 1.65. The lowest BCUT2D eigenvalue weighted by Crippen LogP contribution is -2.48. The first kappa shape index (κ1) is 25.8. The van der Waals surface area contributed by atoms with Crippen LogP contribution in [0.15, 0.2) is 65.1 Å². The minimum atomic E-state index is -0.241. The van der Waals surface area contributed by atoms with Gasteiger partial charge >= 0.3 is 0 Å². The number of halogens is 1. The number of furan rings is 1. The molecule has 0 radical (unpaired) electrons. The molecule has 3 aromatic rings. The number of hydrogen-bond donors (Lipinski definition) is 0. The van der Waals surface area contributed by atoms with Crippen LogP contribution in [-0.4, -0.2) is 54.0 Å². The van der Waals surface area contributed by atoms with Gasteiger partial charge in [-0.3, -0.25) is 9.69 Å². The van der Waals surface area contributed by atoms with Crippen molar-refractivity contribution in [3.8, 4) is 5.75 Å². The van der Waals surface area contributed by atoms with Crippen molar-refractivity contribution in [1.29, 1.82) is 0 Å². The zero-order chi connectivity index (χ0) is 25.7. The fourth-order valence-electron chi connectivity index (χ4n) is 4.41. The molecule has 1 aliphatic heterocycles. The fraction of sp³-hybridized carbons (Fsp3) is 0.414. The maximum Gasteiger partial charge on any atom is 0.289 e. The van der Waals surface area contributed by atoms with Crippen LogP contribution in [0.3, 0.4) is 0 Å². The van der Waals surface area contributed by atoms with Gasteiger partial charge in [0, 0.05) is 38.3 Å². The molecule has 192 valence electrons. The van der Waals surface area contributed by atoms with Crippen LogP contribution in [-0.2, 0) is 13.1 Å². The van der Waals surface area contributed by atoms with Crippen LogP contribution in [0.2, 0.25) is 0 Å². The number of anilines is 1. The van der Waals surface area contributed by atoms with Crippen molar-refractivity contribution in [3.63, 3.8) is 0 Å². The van der Waals surface area contributed by atoms with Crippen molar-refractivity contribution in [2.45, 2.75) is 46.3 Å². The highest BCUT2D eigenvalue weighted by Gasteiger charge is 2.27. The van der Waals surface area contributed by atoms with Crippen LogP contribution in [0.25, 0.3) is 0 Å². The topological polar surface area (TPSA) is 49.2 Å². The number of rotatable bonds is 8. The molecule has 2 heterocycles. The maximum atomic E-state index is 13.3. The minimum Gasteiger partial charge on any atom is -0.492 e. The molecule has 6 nitrogen and oxygen atoms in total. The van der Waals surface area contributed by atoms with Crippen LogP contribution in [0.1, 0.15) is 49.6 Å². The van der Waals surface area contributed by atoms with Crippen molar-refractivity contribution in [2.24, 2.45) is 0 Å². The lowest BCUT2D eigenvalue weighted by atomic mass is 10.0. The molecule has 0 atom stereocenters. The Morgan fingerprint density at radius 3 is 2.33 bits per heavy atom. The van der Waals surface area contributed by atoms with Crippen LogP contribution in [0.4, 0.5) is 10.1 Å². The molecule has 1 aliphatic rings. The summed E-state index contributed by atoms with van der Waals surface area (Å²) in [6.45, 7) is 12.9. The van der Waals surface area contributed by atoms with E-state index in [1.807, 2.05) is 36.1 Å². The summed E-state index contributed by atoms with van der Waals surface area (Å²) in [5, 5.41) is 0. The molecule has 0 bridgehead atoms. The number of piperazine rings is 1. The van der Waals surface area contributed by atoms with Gasteiger partial charge in [0.1, 0.15) is 17.3 Å². The summed E-state index contributed by atoms with van der Waals surface area (Å²) in [7, 11) is 0. The summed E-state index contributed by atoms with van der Waals surface area (Å²) in [6, 6.07) is 18.3. The molecule has 1 fully saturated rings. The first-order chi connectivity index (χ1) is 17.2. The normalized spacial score (nSPS) is 14.4. The van der Waals surface area contributed by atoms with E-state index in [1.165, 1.54) is 12.1 Å². The first-order valence-corrected chi connectivity index (χ1v) is 12.6. The third-order valence-corrected chi connectivity index (χ3v) is 6.53. The number of ether oxygens (including phenoxy) is 1. The van der Waals surface area contributed by atoms with Crippen molar-refractivity contribution in [1.82, 2.24) is 9.80 Å². The molecule has 2 aromatic carbocycles. The van der Waals surface area contributed by atoms with E-state index in [1.54, 1.807) is 18.2 Å². The first-order valence-electron chi connectivity index (χ1n) is 12.6. The van der Waals surface area contributed by atoms with Crippen molar-refractivity contribution >= 4 is 11.6 Å². The minimum absolute atomic E-state index is 0.0835. The molecular weight excluding hydrogens is 457 g/mol. The largest absolute Gasteiger partial charge is 0.492 e. The quantitative estimate of drug-likeness (QED) is 0.410. The predicted molar refractivity (Wildman–Crippen MR) is 140 cm³/mol. The predicted octanol–water partition coefficient (Wildman–Crippen LogP) is 5.58.